The van der Waals surface area contributed by atoms with Gasteiger partial charge in [0, 0.05) is 12.0 Å². The summed E-state index contributed by atoms with van der Waals surface area (Å²) in [5, 5.41) is 15.1. The minimum absolute atomic E-state index is 0.0517. The zero-order chi connectivity index (χ0) is 23.0. The summed E-state index contributed by atoms with van der Waals surface area (Å²) >= 11 is 0. The van der Waals surface area contributed by atoms with Gasteiger partial charge in [-0.3, -0.25) is 9.59 Å². The molecule has 2 aromatic rings. The molecule has 2 amide bonds. The fourth-order valence-electron chi connectivity index (χ4n) is 5.50. The Bertz CT molecular complexity index is 1050. The van der Waals surface area contributed by atoms with Gasteiger partial charge in [-0.15, -0.1) is 0 Å². The summed E-state index contributed by atoms with van der Waals surface area (Å²) in [6.45, 7) is 0.182. The molecule has 0 bridgehead atoms. The van der Waals surface area contributed by atoms with Crippen LogP contribution in [0.5, 0.6) is 0 Å². The minimum Gasteiger partial charge on any atom is -0.481 e. The Labute approximate surface area is 192 Å². The first-order valence-electron chi connectivity index (χ1n) is 11.7. The van der Waals surface area contributed by atoms with E-state index in [1.807, 2.05) is 24.3 Å². The van der Waals surface area contributed by atoms with Crippen molar-refractivity contribution in [3.05, 3.63) is 59.7 Å². The van der Waals surface area contributed by atoms with Crippen molar-refractivity contribution in [1.82, 2.24) is 10.6 Å². The zero-order valence-corrected chi connectivity index (χ0v) is 18.4. The van der Waals surface area contributed by atoms with Crippen molar-refractivity contribution in [2.45, 2.75) is 56.0 Å². The van der Waals surface area contributed by atoms with Crippen LogP contribution in [-0.2, 0) is 14.3 Å². The Balaban J connectivity index is 1.23. The van der Waals surface area contributed by atoms with E-state index in [2.05, 4.69) is 34.9 Å². The van der Waals surface area contributed by atoms with Crippen molar-refractivity contribution >= 4 is 18.0 Å². The molecule has 0 spiro atoms. The lowest BCUT2D eigenvalue weighted by Gasteiger charge is -2.41. The number of carbonyl (C=O) groups is 3. The summed E-state index contributed by atoms with van der Waals surface area (Å²) in [7, 11) is 0. The fourth-order valence-corrected chi connectivity index (χ4v) is 5.50. The summed E-state index contributed by atoms with van der Waals surface area (Å²) < 4.78 is 5.63. The lowest BCUT2D eigenvalue weighted by molar-refractivity contribution is -0.142. The van der Waals surface area contributed by atoms with Gasteiger partial charge in [0.25, 0.3) is 0 Å². The summed E-state index contributed by atoms with van der Waals surface area (Å²) in [4.78, 5) is 37.2. The van der Waals surface area contributed by atoms with Crippen molar-refractivity contribution in [1.29, 1.82) is 0 Å². The number of hydrogen-bond donors (Lipinski definition) is 3. The van der Waals surface area contributed by atoms with Gasteiger partial charge in [-0.05, 0) is 54.4 Å². The monoisotopic (exact) mass is 448 g/mol. The summed E-state index contributed by atoms with van der Waals surface area (Å²) in [6.07, 6.45) is 3.23. The average Bonchev–Trinajstić information content (AvgIpc) is 3.37. The standard InChI is InChI=1S/C26H28N2O5/c29-23(30)20-11-5-12-22(20)27-24(31)26(13-6-14-26)28-25(32)33-15-21-18-9-3-1-7-16(18)17-8-2-4-10-19(17)21/h1-4,7-10,20-22H,5-6,11-15H2,(H,27,31)(H,28,32)(H,29,30)/t20-,22+/m1/s1. The molecular formula is C26H28N2O5. The van der Waals surface area contributed by atoms with Gasteiger partial charge in [-0.1, -0.05) is 55.0 Å². The molecule has 0 radical (unpaired) electrons. The third kappa shape index (κ3) is 3.86. The van der Waals surface area contributed by atoms with E-state index in [9.17, 15) is 19.5 Å². The van der Waals surface area contributed by atoms with Gasteiger partial charge in [-0.25, -0.2) is 4.79 Å². The van der Waals surface area contributed by atoms with Gasteiger partial charge >= 0.3 is 12.1 Å². The van der Waals surface area contributed by atoms with E-state index < -0.39 is 29.6 Å². The van der Waals surface area contributed by atoms with Crippen LogP contribution in [0.2, 0.25) is 0 Å². The minimum atomic E-state index is -1.02. The van der Waals surface area contributed by atoms with Gasteiger partial charge in [-0.2, -0.15) is 0 Å². The Morgan fingerprint density at radius 3 is 2.15 bits per heavy atom. The van der Waals surface area contributed by atoms with Crippen LogP contribution in [-0.4, -0.2) is 41.3 Å². The van der Waals surface area contributed by atoms with Crippen molar-refractivity contribution in [3.8, 4) is 11.1 Å². The van der Waals surface area contributed by atoms with E-state index in [4.69, 9.17) is 4.74 Å². The lowest BCUT2D eigenvalue weighted by atomic mass is 9.75. The highest BCUT2D eigenvalue weighted by atomic mass is 16.5. The molecule has 7 nitrogen and oxygen atoms in total. The third-order valence-electron chi connectivity index (χ3n) is 7.48. The maximum absolute atomic E-state index is 13.0. The fraction of sp³-hybridized carbons (Fsp3) is 0.423. The van der Waals surface area contributed by atoms with Crippen LogP contribution in [0.1, 0.15) is 55.6 Å². The highest BCUT2D eigenvalue weighted by Gasteiger charge is 2.48. The number of carboxylic acids is 1. The van der Waals surface area contributed by atoms with E-state index in [-0.39, 0.29) is 18.4 Å². The molecule has 7 heteroatoms. The van der Waals surface area contributed by atoms with Crippen LogP contribution in [0.15, 0.2) is 48.5 Å². The molecule has 0 aliphatic heterocycles. The van der Waals surface area contributed by atoms with Crippen molar-refractivity contribution in [2.75, 3.05) is 6.61 Å². The Hall–Kier alpha value is -3.35. The van der Waals surface area contributed by atoms with Crippen molar-refractivity contribution in [3.63, 3.8) is 0 Å². The molecule has 2 aromatic carbocycles. The first kappa shape index (κ1) is 21.5. The predicted molar refractivity (Wildman–Crippen MR) is 122 cm³/mol. The number of hydrogen-bond acceptors (Lipinski definition) is 4. The number of ether oxygens (including phenoxy) is 1. The lowest BCUT2D eigenvalue weighted by Crippen LogP contribution is -2.64. The van der Waals surface area contributed by atoms with Crippen molar-refractivity contribution < 1.29 is 24.2 Å². The predicted octanol–water partition coefficient (Wildman–Crippen LogP) is 3.82. The van der Waals surface area contributed by atoms with E-state index in [1.165, 1.54) is 0 Å². The van der Waals surface area contributed by atoms with Crippen molar-refractivity contribution in [2.24, 2.45) is 5.92 Å². The maximum Gasteiger partial charge on any atom is 0.408 e. The topological polar surface area (TPSA) is 105 Å². The summed E-state index contributed by atoms with van der Waals surface area (Å²) in [5.74, 6) is -1.81. The number of carboxylic acid groups (broad SMARTS) is 1. The quantitative estimate of drug-likeness (QED) is 0.623. The van der Waals surface area contributed by atoms with Gasteiger partial charge in [0.05, 0.1) is 5.92 Å². The summed E-state index contributed by atoms with van der Waals surface area (Å²) in [6, 6.07) is 15.9. The number of amides is 2. The molecule has 3 N–H and O–H groups in total. The number of fused-ring (bicyclic) bond motifs is 3. The zero-order valence-electron chi connectivity index (χ0n) is 18.4. The Morgan fingerprint density at radius 2 is 1.58 bits per heavy atom. The number of nitrogens with one attached hydrogen (secondary N) is 2. The molecule has 0 saturated heterocycles. The van der Waals surface area contributed by atoms with Crippen LogP contribution in [0, 0.1) is 5.92 Å². The van der Waals surface area contributed by atoms with Crippen LogP contribution >= 0.6 is 0 Å². The maximum atomic E-state index is 13.0. The highest BCUT2D eigenvalue weighted by molar-refractivity contribution is 5.91. The highest BCUT2D eigenvalue weighted by Crippen LogP contribution is 2.44. The molecular weight excluding hydrogens is 420 g/mol. The molecule has 3 aliphatic carbocycles. The Morgan fingerprint density at radius 1 is 0.939 bits per heavy atom. The smallest absolute Gasteiger partial charge is 0.408 e. The van der Waals surface area contributed by atoms with Crippen LogP contribution in [0.4, 0.5) is 4.79 Å². The van der Waals surface area contributed by atoms with Crippen LogP contribution in [0.25, 0.3) is 11.1 Å². The average molecular weight is 449 g/mol. The molecule has 172 valence electrons. The largest absolute Gasteiger partial charge is 0.481 e. The SMILES string of the molecule is O=C(NC1(C(=O)N[C@H]2CCC[C@H]2C(=O)O)CCC1)OCC1c2ccccc2-c2ccccc21. The van der Waals surface area contributed by atoms with E-state index in [1.54, 1.807) is 0 Å². The molecule has 0 heterocycles. The number of benzene rings is 2. The molecule has 2 fully saturated rings. The third-order valence-corrected chi connectivity index (χ3v) is 7.48. The van der Waals surface area contributed by atoms with E-state index in [0.29, 0.717) is 25.7 Å². The molecule has 0 unspecified atom stereocenters. The van der Waals surface area contributed by atoms with E-state index in [0.717, 1.165) is 35.1 Å². The summed E-state index contributed by atoms with van der Waals surface area (Å²) in [5.41, 5.74) is 3.55. The molecule has 3 aliphatic rings. The van der Waals surface area contributed by atoms with Gasteiger partial charge in [0.2, 0.25) is 5.91 Å². The normalized spacial score (nSPS) is 22.5. The van der Waals surface area contributed by atoms with E-state index >= 15 is 0 Å². The number of alkyl carbamates (subject to hydrolysis) is 1. The second-order valence-corrected chi connectivity index (χ2v) is 9.34. The second-order valence-electron chi connectivity index (χ2n) is 9.34. The second kappa shape index (κ2) is 8.54. The van der Waals surface area contributed by atoms with Gasteiger partial charge in [0.1, 0.15) is 12.1 Å². The van der Waals surface area contributed by atoms with Crippen LogP contribution in [0.3, 0.4) is 0 Å². The molecule has 2 saturated carbocycles. The number of aliphatic carboxylic acids is 1. The first-order valence-corrected chi connectivity index (χ1v) is 11.7. The first-order chi connectivity index (χ1) is 16.0. The van der Waals surface area contributed by atoms with Gasteiger partial charge < -0.3 is 20.5 Å². The van der Waals surface area contributed by atoms with Crippen LogP contribution < -0.4 is 10.6 Å². The molecule has 0 aromatic heterocycles. The molecule has 5 rings (SSSR count). The Kier molecular flexibility index (Phi) is 5.56. The number of rotatable bonds is 6. The van der Waals surface area contributed by atoms with Gasteiger partial charge in [0.15, 0.2) is 0 Å². The molecule has 33 heavy (non-hydrogen) atoms. The number of carbonyl (C=O) groups excluding carboxylic acids is 2. The molecule has 2 atom stereocenters.